The summed E-state index contributed by atoms with van der Waals surface area (Å²) in [6, 6.07) is 24.6. The van der Waals surface area contributed by atoms with Gasteiger partial charge in [-0.25, -0.2) is 4.79 Å². The van der Waals surface area contributed by atoms with Crippen molar-refractivity contribution in [3.8, 4) is 0 Å². The third-order valence-electron chi connectivity index (χ3n) is 5.34. The molecule has 4 rings (SSSR count). The lowest BCUT2D eigenvalue weighted by atomic mass is 9.91. The number of ether oxygens (including phenoxy) is 2. The van der Waals surface area contributed by atoms with Crippen molar-refractivity contribution in [2.75, 3.05) is 20.8 Å². The van der Waals surface area contributed by atoms with Crippen molar-refractivity contribution in [3.05, 3.63) is 100 Å². The molecular weight excluding hydrogens is 436 g/mol. The number of methoxy groups -OCH3 is 2. The molecule has 0 spiro atoms. The summed E-state index contributed by atoms with van der Waals surface area (Å²) in [4.78, 5) is 30.7. The first-order valence-corrected chi connectivity index (χ1v) is 11.3. The molecule has 0 atom stereocenters. The van der Waals surface area contributed by atoms with Gasteiger partial charge in [-0.15, -0.1) is 0 Å². The van der Waals surface area contributed by atoms with Gasteiger partial charge in [0.25, 0.3) is 5.91 Å². The van der Waals surface area contributed by atoms with Crippen molar-refractivity contribution in [2.45, 2.75) is 12.5 Å². The van der Waals surface area contributed by atoms with Crippen LogP contribution in [-0.2, 0) is 20.8 Å². The molecule has 0 aliphatic rings. The minimum Gasteiger partial charge on any atom is -0.465 e. The standard InChI is InChI=1S/C26H24N2O4S/c1-31-16-15-28-21-14-13-20(25(30)32-2)17-22(21)33-26(28)27-24(29)23(18-9-5-3-6-10-18)19-11-7-4-8-12-19/h3-14,17,23H,15-16H2,1-2H3. The Morgan fingerprint density at radius 2 is 1.58 bits per heavy atom. The first kappa shape index (κ1) is 22.6. The zero-order valence-corrected chi connectivity index (χ0v) is 19.2. The molecule has 1 heterocycles. The van der Waals surface area contributed by atoms with Gasteiger partial charge in [-0.3, -0.25) is 4.79 Å². The number of carbonyl (C=O) groups is 2. The molecule has 3 aromatic carbocycles. The lowest BCUT2D eigenvalue weighted by Crippen LogP contribution is -2.22. The number of benzene rings is 3. The van der Waals surface area contributed by atoms with Crippen LogP contribution in [0.4, 0.5) is 0 Å². The van der Waals surface area contributed by atoms with E-state index < -0.39 is 11.9 Å². The molecule has 6 nitrogen and oxygen atoms in total. The third-order valence-corrected chi connectivity index (χ3v) is 6.38. The maximum Gasteiger partial charge on any atom is 0.337 e. The Morgan fingerprint density at radius 1 is 0.939 bits per heavy atom. The number of nitrogens with zero attached hydrogens (tertiary/aromatic N) is 2. The van der Waals surface area contributed by atoms with Gasteiger partial charge in [0.05, 0.1) is 35.4 Å². The predicted molar refractivity (Wildman–Crippen MR) is 128 cm³/mol. The molecule has 0 aliphatic carbocycles. The highest BCUT2D eigenvalue weighted by Crippen LogP contribution is 2.26. The number of fused-ring (bicyclic) bond motifs is 1. The van der Waals surface area contributed by atoms with Crippen molar-refractivity contribution >= 4 is 33.4 Å². The lowest BCUT2D eigenvalue weighted by Gasteiger charge is -2.14. The van der Waals surface area contributed by atoms with Crippen molar-refractivity contribution < 1.29 is 19.1 Å². The Bertz CT molecular complexity index is 1290. The van der Waals surface area contributed by atoms with Crippen LogP contribution in [0.15, 0.2) is 83.9 Å². The Kier molecular flexibility index (Phi) is 7.12. The lowest BCUT2D eigenvalue weighted by molar-refractivity contribution is -0.118. The smallest absolute Gasteiger partial charge is 0.337 e. The molecule has 0 radical (unpaired) electrons. The van der Waals surface area contributed by atoms with E-state index in [1.807, 2.05) is 71.3 Å². The van der Waals surface area contributed by atoms with Crippen LogP contribution in [0.2, 0.25) is 0 Å². The quantitative estimate of drug-likeness (QED) is 0.384. The maximum atomic E-state index is 13.6. The van der Waals surface area contributed by atoms with Crippen molar-refractivity contribution in [3.63, 3.8) is 0 Å². The zero-order chi connectivity index (χ0) is 23.2. The fraction of sp³-hybridized carbons (Fsp3) is 0.192. The van der Waals surface area contributed by atoms with Crippen LogP contribution in [-0.4, -0.2) is 37.3 Å². The van der Waals surface area contributed by atoms with Crippen LogP contribution in [0.5, 0.6) is 0 Å². The van der Waals surface area contributed by atoms with Crippen LogP contribution < -0.4 is 4.80 Å². The van der Waals surface area contributed by atoms with Crippen LogP contribution in [0.3, 0.4) is 0 Å². The molecule has 4 aromatic rings. The van der Waals surface area contributed by atoms with E-state index in [1.165, 1.54) is 18.4 Å². The van der Waals surface area contributed by atoms with Crippen molar-refractivity contribution in [1.29, 1.82) is 0 Å². The van der Waals surface area contributed by atoms with E-state index in [4.69, 9.17) is 9.47 Å². The number of hydrogen-bond donors (Lipinski definition) is 0. The second kappa shape index (κ2) is 10.4. The van der Waals surface area contributed by atoms with Crippen LogP contribution in [0, 0.1) is 0 Å². The number of hydrogen-bond acceptors (Lipinski definition) is 5. The number of amides is 1. The summed E-state index contributed by atoms with van der Waals surface area (Å²) in [5, 5.41) is 0. The monoisotopic (exact) mass is 460 g/mol. The van der Waals surface area contributed by atoms with E-state index in [2.05, 4.69) is 4.99 Å². The molecule has 168 valence electrons. The molecule has 7 heteroatoms. The topological polar surface area (TPSA) is 69.9 Å². The van der Waals surface area contributed by atoms with E-state index in [9.17, 15) is 9.59 Å². The van der Waals surface area contributed by atoms with Gasteiger partial charge in [0.15, 0.2) is 4.80 Å². The molecule has 0 fully saturated rings. The summed E-state index contributed by atoms with van der Waals surface area (Å²) >= 11 is 1.36. The van der Waals surface area contributed by atoms with E-state index in [1.54, 1.807) is 19.2 Å². The first-order valence-electron chi connectivity index (χ1n) is 10.5. The number of carbonyl (C=O) groups excluding carboxylic acids is 2. The van der Waals surface area contributed by atoms with E-state index in [0.717, 1.165) is 21.3 Å². The highest BCUT2D eigenvalue weighted by molar-refractivity contribution is 7.16. The number of esters is 1. The van der Waals surface area contributed by atoms with Crippen LogP contribution >= 0.6 is 11.3 Å². The molecule has 0 unspecified atom stereocenters. The normalized spacial score (nSPS) is 11.8. The molecule has 0 N–H and O–H groups in total. The van der Waals surface area contributed by atoms with Gasteiger partial charge in [0, 0.05) is 13.7 Å². The van der Waals surface area contributed by atoms with Gasteiger partial charge in [-0.05, 0) is 29.3 Å². The molecule has 0 saturated heterocycles. The van der Waals surface area contributed by atoms with Crippen LogP contribution in [0.1, 0.15) is 27.4 Å². The van der Waals surface area contributed by atoms with Gasteiger partial charge in [0.1, 0.15) is 0 Å². The second-order valence-corrected chi connectivity index (χ2v) is 8.42. The zero-order valence-electron chi connectivity index (χ0n) is 18.4. The van der Waals surface area contributed by atoms with Gasteiger partial charge in [-0.1, -0.05) is 72.0 Å². The minimum atomic E-state index is -0.515. The number of rotatable bonds is 7. The Balaban J connectivity index is 1.84. The Morgan fingerprint density at radius 3 is 2.15 bits per heavy atom. The second-order valence-electron chi connectivity index (χ2n) is 7.41. The summed E-state index contributed by atoms with van der Waals surface area (Å²) in [6.07, 6.45) is 0. The Labute approximate surface area is 195 Å². The summed E-state index contributed by atoms with van der Waals surface area (Å²) in [5.41, 5.74) is 3.10. The average molecular weight is 461 g/mol. The maximum absolute atomic E-state index is 13.6. The minimum absolute atomic E-state index is 0.252. The predicted octanol–water partition coefficient (Wildman–Crippen LogP) is 4.40. The molecule has 33 heavy (non-hydrogen) atoms. The van der Waals surface area contributed by atoms with E-state index in [0.29, 0.717) is 23.5 Å². The summed E-state index contributed by atoms with van der Waals surface area (Å²) in [7, 11) is 2.99. The van der Waals surface area contributed by atoms with Crippen molar-refractivity contribution in [1.82, 2.24) is 4.57 Å². The molecule has 1 amide bonds. The fourth-order valence-electron chi connectivity index (χ4n) is 3.73. The summed E-state index contributed by atoms with van der Waals surface area (Å²) < 4.78 is 12.9. The highest BCUT2D eigenvalue weighted by Gasteiger charge is 2.23. The molecular formula is C26H24N2O4S. The Hall–Kier alpha value is -3.55. The summed E-state index contributed by atoms with van der Waals surface area (Å²) in [6.45, 7) is 0.994. The first-order chi connectivity index (χ1) is 16.1. The highest BCUT2D eigenvalue weighted by atomic mass is 32.1. The van der Waals surface area contributed by atoms with Gasteiger partial charge >= 0.3 is 5.97 Å². The average Bonchev–Trinajstić information content (AvgIpc) is 3.19. The van der Waals surface area contributed by atoms with Gasteiger partial charge in [0.2, 0.25) is 0 Å². The van der Waals surface area contributed by atoms with Crippen molar-refractivity contribution in [2.24, 2.45) is 4.99 Å². The SMILES string of the molecule is COCCn1c(=NC(=O)C(c2ccccc2)c2ccccc2)sc2cc(C(=O)OC)ccc21. The number of aromatic nitrogens is 1. The molecule has 1 aromatic heterocycles. The van der Waals surface area contributed by atoms with Gasteiger partial charge < -0.3 is 14.0 Å². The molecule has 0 saturated carbocycles. The molecule has 0 bridgehead atoms. The third kappa shape index (κ3) is 4.94. The number of thiazole rings is 1. The molecule has 0 aliphatic heterocycles. The summed E-state index contributed by atoms with van der Waals surface area (Å²) in [5.74, 6) is -1.17. The van der Waals surface area contributed by atoms with E-state index >= 15 is 0 Å². The fourth-order valence-corrected chi connectivity index (χ4v) is 4.83. The largest absolute Gasteiger partial charge is 0.465 e. The van der Waals surface area contributed by atoms with Gasteiger partial charge in [-0.2, -0.15) is 4.99 Å². The van der Waals surface area contributed by atoms with Crippen LogP contribution in [0.25, 0.3) is 10.2 Å². The van der Waals surface area contributed by atoms with E-state index in [-0.39, 0.29) is 5.91 Å².